The molecule has 222 valence electrons. The highest BCUT2D eigenvalue weighted by Crippen LogP contribution is 2.48. The molecule has 0 heterocycles. The van der Waals surface area contributed by atoms with Gasteiger partial charge in [0.05, 0.1) is 32.6 Å². The van der Waals surface area contributed by atoms with Gasteiger partial charge in [0.25, 0.3) is 0 Å². The van der Waals surface area contributed by atoms with Gasteiger partial charge in [0.1, 0.15) is 0 Å². The fourth-order valence-electron chi connectivity index (χ4n) is 4.36. The number of unbranched alkanes of at least 4 members (excludes halogenated alkanes) is 11. The van der Waals surface area contributed by atoms with Crippen molar-refractivity contribution < 1.29 is 31.9 Å². The second-order valence-corrected chi connectivity index (χ2v) is 12.3. The van der Waals surface area contributed by atoms with E-state index in [-0.39, 0.29) is 11.5 Å². The van der Waals surface area contributed by atoms with Crippen molar-refractivity contribution >= 4 is 7.60 Å². The minimum atomic E-state index is -2.90. The molecule has 1 atom stereocenters. The third kappa shape index (κ3) is 15.4. The second-order valence-electron chi connectivity index (χ2n) is 10.2. The topological polar surface area (TPSA) is 54.0 Å². The van der Waals surface area contributed by atoms with E-state index in [9.17, 15) is 13.3 Å². The summed E-state index contributed by atoms with van der Waals surface area (Å²) in [6.07, 6.45) is 15.6. The van der Waals surface area contributed by atoms with Crippen LogP contribution in [0.4, 0.5) is 8.78 Å². The summed E-state index contributed by atoms with van der Waals surface area (Å²) >= 11 is 0. The molecule has 1 aromatic rings. The highest BCUT2D eigenvalue weighted by molar-refractivity contribution is 7.53. The van der Waals surface area contributed by atoms with Crippen LogP contribution in [0.15, 0.2) is 12.1 Å². The van der Waals surface area contributed by atoms with Crippen molar-refractivity contribution in [2.45, 2.75) is 118 Å². The first-order valence-electron chi connectivity index (χ1n) is 15.0. The first-order valence-corrected chi connectivity index (χ1v) is 16.7. The fraction of sp³-hybridized carbons (Fsp3) is 0.800. The van der Waals surface area contributed by atoms with E-state index >= 15 is 0 Å². The highest BCUT2D eigenvalue weighted by Gasteiger charge is 2.22. The lowest BCUT2D eigenvalue weighted by atomic mass is 10.0. The van der Waals surface area contributed by atoms with Crippen LogP contribution in [0.3, 0.4) is 0 Å². The van der Waals surface area contributed by atoms with Gasteiger partial charge in [-0.2, -0.15) is 8.78 Å². The molecule has 38 heavy (non-hydrogen) atoms. The number of benzene rings is 1. The van der Waals surface area contributed by atoms with Crippen molar-refractivity contribution in [3.8, 4) is 11.5 Å². The predicted octanol–water partition coefficient (Wildman–Crippen LogP) is 10.1. The zero-order chi connectivity index (χ0) is 28.1. The Morgan fingerprint density at radius 2 is 1.21 bits per heavy atom. The lowest BCUT2D eigenvalue weighted by molar-refractivity contribution is 0.219. The molecule has 0 aliphatic rings. The Labute approximate surface area is 230 Å². The first-order chi connectivity index (χ1) is 18.4. The average molecular weight is 563 g/mol. The Kier molecular flexibility index (Phi) is 19.8. The summed E-state index contributed by atoms with van der Waals surface area (Å²) in [7, 11) is -2.90. The van der Waals surface area contributed by atoms with E-state index in [0.717, 1.165) is 70.6 Å². The summed E-state index contributed by atoms with van der Waals surface area (Å²) in [6.45, 7) is 9.49. The van der Waals surface area contributed by atoms with Crippen LogP contribution in [0.25, 0.3) is 0 Å². The summed E-state index contributed by atoms with van der Waals surface area (Å²) < 4.78 is 62.9. The van der Waals surface area contributed by atoms with E-state index in [1.165, 1.54) is 31.4 Å². The molecule has 0 aliphatic carbocycles. The molecular formula is C30H53F2O5P. The molecule has 0 radical (unpaired) electrons. The Morgan fingerprint density at radius 3 is 1.76 bits per heavy atom. The van der Waals surface area contributed by atoms with Crippen LogP contribution in [0.5, 0.6) is 11.5 Å². The Balaban J connectivity index is 2.13. The average Bonchev–Trinajstić information content (AvgIpc) is 2.89. The predicted molar refractivity (Wildman–Crippen MR) is 153 cm³/mol. The number of hydrogen-bond acceptors (Lipinski definition) is 5. The SMILES string of the molecule is CCCCCCC(C)COc1ccc(OCCCCCCCCCCCP(=O)(OCC)OCC)c(F)c1F. The molecule has 1 aromatic carbocycles. The molecule has 1 unspecified atom stereocenters. The van der Waals surface area contributed by atoms with Gasteiger partial charge in [0.15, 0.2) is 11.5 Å². The molecule has 0 saturated heterocycles. The van der Waals surface area contributed by atoms with Gasteiger partial charge in [-0.25, -0.2) is 0 Å². The lowest BCUT2D eigenvalue weighted by Gasteiger charge is -2.16. The second kappa shape index (κ2) is 21.6. The van der Waals surface area contributed by atoms with Gasteiger partial charge in [-0.05, 0) is 51.2 Å². The van der Waals surface area contributed by atoms with Crippen molar-refractivity contribution in [1.82, 2.24) is 0 Å². The van der Waals surface area contributed by atoms with Crippen molar-refractivity contribution in [1.29, 1.82) is 0 Å². The summed E-state index contributed by atoms with van der Waals surface area (Å²) in [4.78, 5) is 0. The van der Waals surface area contributed by atoms with Crippen LogP contribution in [0.1, 0.15) is 118 Å². The van der Waals surface area contributed by atoms with Crippen LogP contribution in [0, 0.1) is 17.6 Å². The van der Waals surface area contributed by atoms with Gasteiger partial charge >= 0.3 is 7.60 Å². The zero-order valence-corrected chi connectivity index (χ0v) is 25.3. The molecule has 0 aliphatic heterocycles. The molecule has 0 spiro atoms. The van der Waals surface area contributed by atoms with Crippen LogP contribution >= 0.6 is 7.60 Å². The summed E-state index contributed by atoms with van der Waals surface area (Å²) in [5.74, 6) is -1.75. The largest absolute Gasteiger partial charge is 0.490 e. The molecule has 0 N–H and O–H groups in total. The normalized spacial score (nSPS) is 12.6. The summed E-state index contributed by atoms with van der Waals surface area (Å²) in [5, 5.41) is 0. The molecule has 5 nitrogen and oxygen atoms in total. The number of ether oxygens (including phenoxy) is 2. The minimum Gasteiger partial charge on any atom is -0.490 e. The minimum absolute atomic E-state index is 0.0483. The molecule has 8 heteroatoms. The standard InChI is InChI=1S/C30H53F2O5P/c1-5-8-9-17-20-26(4)25-35-28-22-21-27(29(31)30(28)32)34-23-18-15-13-11-10-12-14-16-19-24-38(33,36-6-2)37-7-3/h21-22,26H,5-20,23-25H2,1-4H3. The van der Waals surface area contributed by atoms with Crippen LogP contribution in [-0.2, 0) is 13.6 Å². The van der Waals surface area contributed by atoms with Gasteiger partial charge in [0, 0.05) is 0 Å². The third-order valence-electron chi connectivity index (χ3n) is 6.57. The number of hydrogen-bond donors (Lipinski definition) is 0. The van der Waals surface area contributed by atoms with Gasteiger partial charge in [0.2, 0.25) is 11.6 Å². The molecule has 1 rings (SSSR count). The number of rotatable bonds is 25. The van der Waals surface area contributed by atoms with E-state index in [0.29, 0.717) is 38.5 Å². The lowest BCUT2D eigenvalue weighted by Crippen LogP contribution is -2.10. The van der Waals surface area contributed by atoms with Crippen LogP contribution < -0.4 is 9.47 Å². The van der Waals surface area contributed by atoms with E-state index in [2.05, 4.69) is 13.8 Å². The Morgan fingerprint density at radius 1 is 0.711 bits per heavy atom. The molecule has 0 fully saturated rings. The fourth-order valence-corrected chi connectivity index (χ4v) is 6.09. The van der Waals surface area contributed by atoms with Gasteiger partial charge in [-0.15, -0.1) is 0 Å². The van der Waals surface area contributed by atoms with Gasteiger partial charge in [-0.1, -0.05) is 84.5 Å². The maximum absolute atomic E-state index is 14.4. The van der Waals surface area contributed by atoms with Gasteiger partial charge in [-0.3, -0.25) is 4.57 Å². The number of halogens is 2. The van der Waals surface area contributed by atoms with Crippen molar-refractivity contribution in [3.05, 3.63) is 23.8 Å². The monoisotopic (exact) mass is 562 g/mol. The zero-order valence-electron chi connectivity index (χ0n) is 24.4. The molecule has 0 amide bonds. The molecule has 0 aromatic heterocycles. The maximum Gasteiger partial charge on any atom is 0.330 e. The highest BCUT2D eigenvalue weighted by atomic mass is 31.2. The van der Waals surface area contributed by atoms with E-state index in [1.807, 2.05) is 13.8 Å². The van der Waals surface area contributed by atoms with Gasteiger partial charge < -0.3 is 18.5 Å². The smallest absolute Gasteiger partial charge is 0.330 e. The molecule has 0 saturated carbocycles. The molecular weight excluding hydrogens is 509 g/mol. The van der Waals surface area contributed by atoms with E-state index in [1.54, 1.807) is 0 Å². The van der Waals surface area contributed by atoms with Crippen molar-refractivity contribution in [2.24, 2.45) is 5.92 Å². The van der Waals surface area contributed by atoms with Crippen LogP contribution in [0.2, 0.25) is 0 Å². The Bertz CT molecular complexity index is 767. The Hall–Kier alpha value is -1.17. The summed E-state index contributed by atoms with van der Waals surface area (Å²) in [5.41, 5.74) is 0. The first kappa shape index (κ1) is 34.9. The molecule has 0 bridgehead atoms. The maximum atomic E-state index is 14.4. The summed E-state index contributed by atoms with van der Waals surface area (Å²) in [6, 6.07) is 2.92. The van der Waals surface area contributed by atoms with Crippen molar-refractivity contribution in [3.63, 3.8) is 0 Å². The van der Waals surface area contributed by atoms with Crippen molar-refractivity contribution in [2.75, 3.05) is 32.6 Å². The van der Waals surface area contributed by atoms with E-state index < -0.39 is 19.2 Å². The third-order valence-corrected chi connectivity index (χ3v) is 8.74. The quantitative estimate of drug-likeness (QED) is 0.0876. The van der Waals surface area contributed by atoms with Crippen LogP contribution in [-0.4, -0.2) is 32.6 Å². The van der Waals surface area contributed by atoms with E-state index in [4.69, 9.17) is 18.5 Å².